The van der Waals surface area contributed by atoms with Gasteiger partial charge in [0.25, 0.3) is 0 Å². The number of ether oxygens (including phenoxy) is 2. The van der Waals surface area contributed by atoms with E-state index in [9.17, 15) is 0 Å². The highest BCUT2D eigenvalue weighted by atomic mass is 35.5. The molecule has 100 valence electrons. The number of aromatic nitrogens is 2. The summed E-state index contributed by atoms with van der Waals surface area (Å²) in [7, 11) is 0. The lowest BCUT2D eigenvalue weighted by atomic mass is 10.0. The van der Waals surface area contributed by atoms with Gasteiger partial charge in [-0.15, -0.1) is 0 Å². The molecule has 1 aromatic carbocycles. The van der Waals surface area contributed by atoms with Gasteiger partial charge in [-0.25, -0.2) is 0 Å². The zero-order chi connectivity index (χ0) is 13.4. The van der Waals surface area contributed by atoms with E-state index >= 15 is 0 Å². The van der Waals surface area contributed by atoms with E-state index in [-0.39, 0.29) is 13.3 Å². The number of hydrogen-bond donors (Lipinski definition) is 1. The summed E-state index contributed by atoms with van der Waals surface area (Å²) in [5.41, 5.74) is 7.08. The third-order valence-electron chi connectivity index (χ3n) is 2.93. The summed E-state index contributed by atoms with van der Waals surface area (Å²) in [5.74, 6) is 2.13. The van der Waals surface area contributed by atoms with Crippen molar-refractivity contribution in [1.29, 1.82) is 0 Å². The van der Waals surface area contributed by atoms with Crippen molar-refractivity contribution < 1.29 is 14.0 Å². The van der Waals surface area contributed by atoms with E-state index in [0.717, 1.165) is 5.56 Å². The molecule has 0 amide bonds. The molecular formula is C12H12ClN3O3. The molecule has 6 nitrogen and oxygen atoms in total. The van der Waals surface area contributed by atoms with Crippen LogP contribution < -0.4 is 15.2 Å². The summed E-state index contributed by atoms with van der Waals surface area (Å²) < 4.78 is 15.9. The summed E-state index contributed by atoms with van der Waals surface area (Å²) in [6.45, 7) is 2.39. The average Bonchev–Trinajstić information content (AvgIpc) is 3.04. The van der Waals surface area contributed by atoms with Crippen LogP contribution in [-0.4, -0.2) is 16.9 Å². The number of halogens is 1. The van der Waals surface area contributed by atoms with Crippen LogP contribution in [0.1, 0.15) is 18.4 Å². The molecule has 0 fully saturated rings. The highest BCUT2D eigenvalue weighted by molar-refractivity contribution is 6.33. The van der Waals surface area contributed by atoms with Gasteiger partial charge < -0.3 is 19.7 Å². The van der Waals surface area contributed by atoms with E-state index < -0.39 is 0 Å². The number of benzene rings is 1. The van der Waals surface area contributed by atoms with Crippen molar-refractivity contribution in [2.45, 2.75) is 19.9 Å². The Kier molecular flexibility index (Phi) is 3.04. The van der Waals surface area contributed by atoms with Crippen LogP contribution in [0.25, 0.3) is 11.4 Å². The first kappa shape index (κ1) is 12.3. The normalized spacial score (nSPS) is 13.0. The van der Waals surface area contributed by atoms with Crippen molar-refractivity contribution in [2.24, 2.45) is 5.73 Å². The Morgan fingerprint density at radius 2 is 2.26 bits per heavy atom. The van der Waals surface area contributed by atoms with Crippen molar-refractivity contribution >= 4 is 11.6 Å². The predicted octanol–water partition coefficient (Wildman–Crippen LogP) is 2.14. The van der Waals surface area contributed by atoms with Gasteiger partial charge in [-0.05, 0) is 6.42 Å². The van der Waals surface area contributed by atoms with Crippen LogP contribution in [-0.2, 0) is 13.0 Å². The van der Waals surface area contributed by atoms with Crippen LogP contribution in [0.5, 0.6) is 11.5 Å². The molecule has 1 aromatic heterocycles. The Bertz CT molecular complexity index is 627. The fourth-order valence-corrected chi connectivity index (χ4v) is 2.39. The quantitative estimate of drug-likeness (QED) is 0.928. The van der Waals surface area contributed by atoms with Crippen LogP contribution in [0.15, 0.2) is 10.6 Å². The van der Waals surface area contributed by atoms with Crippen molar-refractivity contribution in [3.63, 3.8) is 0 Å². The molecule has 0 unspecified atom stereocenters. The number of fused-ring (bicyclic) bond motifs is 1. The van der Waals surface area contributed by atoms with Gasteiger partial charge in [-0.1, -0.05) is 23.7 Å². The van der Waals surface area contributed by atoms with E-state index in [1.165, 1.54) is 0 Å². The zero-order valence-corrected chi connectivity index (χ0v) is 11.0. The van der Waals surface area contributed by atoms with Crippen molar-refractivity contribution in [1.82, 2.24) is 10.1 Å². The Morgan fingerprint density at radius 1 is 1.42 bits per heavy atom. The maximum Gasteiger partial charge on any atom is 0.240 e. The van der Waals surface area contributed by atoms with Gasteiger partial charge in [-0.3, -0.25) is 0 Å². The summed E-state index contributed by atoms with van der Waals surface area (Å²) in [6, 6.07) is 1.71. The minimum atomic E-state index is 0.191. The molecule has 3 rings (SSSR count). The molecule has 0 spiro atoms. The fraction of sp³-hybridized carbons (Fsp3) is 0.333. The van der Waals surface area contributed by atoms with E-state index in [0.29, 0.717) is 40.2 Å². The summed E-state index contributed by atoms with van der Waals surface area (Å²) in [5, 5.41) is 4.41. The Morgan fingerprint density at radius 3 is 2.95 bits per heavy atom. The fourth-order valence-electron chi connectivity index (χ4n) is 2.09. The minimum Gasteiger partial charge on any atom is -0.454 e. The third-order valence-corrected chi connectivity index (χ3v) is 3.23. The molecule has 1 aliphatic rings. The van der Waals surface area contributed by atoms with Crippen LogP contribution in [0.4, 0.5) is 0 Å². The third kappa shape index (κ3) is 1.93. The maximum atomic E-state index is 6.29. The van der Waals surface area contributed by atoms with E-state index in [1.807, 2.05) is 6.92 Å². The molecule has 2 heterocycles. The number of rotatable bonds is 3. The lowest BCUT2D eigenvalue weighted by molar-refractivity contribution is 0.173. The van der Waals surface area contributed by atoms with E-state index in [1.54, 1.807) is 6.07 Å². The molecule has 0 saturated carbocycles. The first-order valence-corrected chi connectivity index (χ1v) is 6.26. The first-order valence-electron chi connectivity index (χ1n) is 5.88. The van der Waals surface area contributed by atoms with Crippen LogP contribution >= 0.6 is 11.6 Å². The van der Waals surface area contributed by atoms with E-state index in [2.05, 4.69) is 10.1 Å². The van der Waals surface area contributed by atoms with Gasteiger partial charge >= 0.3 is 0 Å². The van der Waals surface area contributed by atoms with E-state index in [4.69, 9.17) is 31.3 Å². The van der Waals surface area contributed by atoms with Gasteiger partial charge in [0.2, 0.25) is 18.5 Å². The average molecular weight is 282 g/mol. The van der Waals surface area contributed by atoms with Crippen LogP contribution in [0.2, 0.25) is 5.02 Å². The Labute approximate surface area is 114 Å². The molecular weight excluding hydrogens is 270 g/mol. The van der Waals surface area contributed by atoms with Crippen LogP contribution in [0, 0.1) is 0 Å². The molecule has 19 heavy (non-hydrogen) atoms. The standard InChI is InChI=1S/C12H12ClN3O3/c1-2-6-10(12-15-9(4-14)19-16-12)7(13)3-8-11(6)18-5-17-8/h3H,2,4-5,14H2,1H3. The molecule has 7 heteroatoms. The smallest absolute Gasteiger partial charge is 0.240 e. The molecule has 0 bridgehead atoms. The first-order chi connectivity index (χ1) is 9.24. The molecule has 2 aromatic rings. The second-order valence-electron chi connectivity index (χ2n) is 4.02. The second-order valence-corrected chi connectivity index (χ2v) is 4.42. The monoisotopic (exact) mass is 281 g/mol. The van der Waals surface area contributed by atoms with Gasteiger partial charge in [0.05, 0.1) is 11.6 Å². The number of hydrogen-bond acceptors (Lipinski definition) is 6. The van der Waals surface area contributed by atoms with Crippen molar-refractivity contribution in [3.8, 4) is 22.9 Å². The number of nitrogens with zero attached hydrogens (tertiary/aromatic N) is 2. The number of nitrogens with two attached hydrogens (primary N) is 1. The van der Waals surface area contributed by atoms with Crippen molar-refractivity contribution in [3.05, 3.63) is 22.5 Å². The maximum absolute atomic E-state index is 6.29. The molecule has 2 N–H and O–H groups in total. The second kappa shape index (κ2) is 4.71. The Hall–Kier alpha value is -1.79. The van der Waals surface area contributed by atoms with Gasteiger partial charge in [-0.2, -0.15) is 4.98 Å². The summed E-state index contributed by atoms with van der Waals surface area (Å²) in [4.78, 5) is 4.21. The Balaban J connectivity index is 2.20. The highest BCUT2D eigenvalue weighted by Gasteiger charge is 2.25. The van der Waals surface area contributed by atoms with Crippen LogP contribution in [0.3, 0.4) is 0 Å². The predicted molar refractivity (Wildman–Crippen MR) is 68.1 cm³/mol. The van der Waals surface area contributed by atoms with Gasteiger partial charge in [0.15, 0.2) is 11.5 Å². The molecule has 0 atom stereocenters. The minimum absolute atomic E-state index is 0.191. The largest absolute Gasteiger partial charge is 0.454 e. The SMILES string of the molecule is CCc1c2c(cc(Cl)c1-c1noc(CN)n1)OCO2. The molecule has 1 aliphatic heterocycles. The lowest BCUT2D eigenvalue weighted by Gasteiger charge is -2.09. The van der Waals surface area contributed by atoms with Crippen molar-refractivity contribution in [2.75, 3.05) is 6.79 Å². The highest BCUT2D eigenvalue weighted by Crippen LogP contribution is 2.44. The molecule has 0 aliphatic carbocycles. The summed E-state index contributed by atoms with van der Waals surface area (Å²) in [6.07, 6.45) is 0.716. The lowest BCUT2D eigenvalue weighted by Crippen LogP contribution is -1.97. The summed E-state index contributed by atoms with van der Waals surface area (Å²) >= 11 is 6.29. The molecule has 0 radical (unpaired) electrons. The van der Waals surface area contributed by atoms with Gasteiger partial charge in [0, 0.05) is 17.2 Å². The zero-order valence-electron chi connectivity index (χ0n) is 10.3. The topological polar surface area (TPSA) is 83.4 Å². The molecule has 0 saturated heterocycles. The van der Waals surface area contributed by atoms with Gasteiger partial charge in [0.1, 0.15) is 0 Å².